The zero-order chi connectivity index (χ0) is 24.4. The molecule has 3 aromatic rings. The van der Waals surface area contributed by atoms with E-state index in [0.717, 1.165) is 32.4 Å². The van der Waals surface area contributed by atoms with E-state index in [0.29, 0.717) is 0 Å². The first kappa shape index (κ1) is 23.4. The zero-order valence-corrected chi connectivity index (χ0v) is 21.5. The molecule has 2 aliphatic rings. The minimum atomic E-state index is 0.947. The molecule has 1 aliphatic carbocycles. The van der Waals surface area contributed by atoms with Gasteiger partial charge in [0.25, 0.3) is 0 Å². The van der Waals surface area contributed by atoms with E-state index in [4.69, 9.17) is 0 Å². The van der Waals surface area contributed by atoms with Gasteiger partial charge in [-0.1, -0.05) is 90.0 Å². The van der Waals surface area contributed by atoms with Crippen LogP contribution in [-0.2, 0) is 6.42 Å². The molecule has 1 heterocycles. The van der Waals surface area contributed by atoms with Gasteiger partial charge < -0.3 is 9.80 Å². The Balaban J connectivity index is 1.59. The molecular formula is C33H36N2. The summed E-state index contributed by atoms with van der Waals surface area (Å²) in [5.74, 6) is 0. The van der Waals surface area contributed by atoms with Crippen LogP contribution in [-0.4, -0.2) is 32.1 Å². The third-order valence-corrected chi connectivity index (χ3v) is 7.14. The van der Waals surface area contributed by atoms with E-state index in [1.54, 1.807) is 0 Å². The van der Waals surface area contributed by atoms with Crippen molar-refractivity contribution in [3.8, 4) is 0 Å². The summed E-state index contributed by atoms with van der Waals surface area (Å²) in [6, 6.07) is 27.0. The first-order chi connectivity index (χ1) is 17.0. The number of benzene rings is 3. The van der Waals surface area contributed by atoms with Gasteiger partial charge in [0.15, 0.2) is 0 Å². The van der Waals surface area contributed by atoms with Gasteiger partial charge in [-0.05, 0) is 86.8 Å². The van der Waals surface area contributed by atoms with Crippen molar-refractivity contribution >= 4 is 11.3 Å². The van der Waals surface area contributed by atoms with Gasteiger partial charge in [-0.25, -0.2) is 0 Å². The summed E-state index contributed by atoms with van der Waals surface area (Å²) in [6.45, 7) is 6.45. The third-order valence-electron chi connectivity index (χ3n) is 7.14. The number of fused-ring (bicyclic) bond motifs is 2. The first-order valence-corrected chi connectivity index (χ1v) is 12.8. The smallest absolute Gasteiger partial charge is 0.0446 e. The maximum atomic E-state index is 2.56. The van der Waals surface area contributed by atoms with E-state index in [9.17, 15) is 0 Å². The zero-order valence-electron chi connectivity index (χ0n) is 21.5. The fraction of sp³-hybridized carbons (Fsp3) is 0.273. The summed E-state index contributed by atoms with van der Waals surface area (Å²) >= 11 is 0. The summed E-state index contributed by atoms with van der Waals surface area (Å²) in [7, 11) is 4.31. The van der Waals surface area contributed by atoms with Crippen LogP contribution >= 0.6 is 0 Å². The number of hydrogen-bond acceptors (Lipinski definition) is 2. The molecule has 3 aromatic carbocycles. The Labute approximate surface area is 210 Å². The van der Waals surface area contributed by atoms with Gasteiger partial charge in [-0.15, -0.1) is 0 Å². The average Bonchev–Trinajstić information content (AvgIpc) is 2.86. The van der Waals surface area contributed by atoms with Gasteiger partial charge in [-0.2, -0.15) is 0 Å². The summed E-state index contributed by atoms with van der Waals surface area (Å²) in [6.07, 6.45) is 8.04. The Morgan fingerprint density at radius 1 is 0.829 bits per heavy atom. The largest absolute Gasteiger partial charge is 0.341 e. The molecule has 0 amide bonds. The molecule has 0 unspecified atom stereocenters. The summed E-state index contributed by atoms with van der Waals surface area (Å²) < 4.78 is 0. The monoisotopic (exact) mass is 460 g/mol. The SMILES string of the molecule is Cc1ccc(C(=C2C=C3Cc4ccccc4N(CCCN(C)C)C3=CC2)c2ccc(C)cc2)cc1. The van der Waals surface area contributed by atoms with Crippen molar-refractivity contribution in [2.75, 3.05) is 32.1 Å². The summed E-state index contributed by atoms with van der Waals surface area (Å²) in [4.78, 5) is 4.83. The normalized spacial score (nSPS) is 14.9. The van der Waals surface area contributed by atoms with E-state index in [-0.39, 0.29) is 0 Å². The highest BCUT2D eigenvalue weighted by Gasteiger charge is 2.27. The van der Waals surface area contributed by atoms with Crippen LogP contribution in [0.5, 0.6) is 0 Å². The molecular weight excluding hydrogens is 424 g/mol. The molecule has 2 nitrogen and oxygen atoms in total. The van der Waals surface area contributed by atoms with Gasteiger partial charge in [0.05, 0.1) is 0 Å². The van der Waals surface area contributed by atoms with E-state index in [1.165, 1.54) is 55.9 Å². The third kappa shape index (κ3) is 5.04. The lowest BCUT2D eigenvalue weighted by molar-refractivity contribution is 0.401. The minimum absolute atomic E-state index is 0.947. The van der Waals surface area contributed by atoms with Gasteiger partial charge in [0.1, 0.15) is 0 Å². The topological polar surface area (TPSA) is 6.48 Å². The molecule has 5 rings (SSSR count). The highest BCUT2D eigenvalue weighted by Crippen LogP contribution is 2.41. The van der Waals surface area contributed by atoms with E-state index < -0.39 is 0 Å². The van der Waals surface area contributed by atoms with Crippen LogP contribution in [0.4, 0.5) is 5.69 Å². The molecule has 2 heteroatoms. The lowest BCUT2D eigenvalue weighted by Crippen LogP contribution is -2.32. The minimum Gasteiger partial charge on any atom is -0.341 e. The Kier molecular flexibility index (Phi) is 6.74. The molecule has 0 fully saturated rings. The Morgan fingerprint density at radius 3 is 2.09 bits per heavy atom. The summed E-state index contributed by atoms with van der Waals surface area (Å²) in [5, 5.41) is 0. The maximum Gasteiger partial charge on any atom is 0.0446 e. The molecule has 0 bridgehead atoms. The lowest BCUT2D eigenvalue weighted by Gasteiger charge is -2.37. The number of anilines is 1. The van der Waals surface area contributed by atoms with Crippen LogP contribution in [0.3, 0.4) is 0 Å². The lowest BCUT2D eigenvalue weighted by atomic mass is 9.84. The maximum absolute atomic E-state index is 2.56. The Bertz CT molecular complexity index is 1240. The second kappa shape index (κ2) is 10.1. The van der Waals surface area contributed by atoms with Gasteiger partial charge in [0, 0.05) is 24.4 Å². The van der Waals surface area contributed by atoms with Crippen molar-refractivity contribution in [1.29, 1.82) is 0 Å². The van der Waals surface area contributed by atoms with Crippen LogP contribution in [0.25, 0.3) is 5.57 Å². The van der Waals surface area contributed by atoms with Crippen molar-refractivity contribution < 1.29 is 0 Å². The standard InChI is InChI=1S/C33H36N2/c1-24-10-14-26(15-11-24)33(27-16-12-25(2)13-17-27)29-18-19-32-30(23-29)22-28-8-5-6-9-31(28)35(32)21-7-20-34(3)4/h5-6,8-17,19,23H,7,18,20-22H2,1-4H3. The fourth-order valence-electron chi connectivity index (χ4n) is 5.30. The predicted octanol–water partition coefficient (Wildman–Crippen LogP) is 7.33. The van der Waals surface area contributed by atoms with Crippen LogP contribution in [0.1, 0.15) is 40.7 Å². The van der Waals surface area contributed by atoms with Gasteiger partial charge >= 0.3 is 0 Å². The molecule has 0 radical (unpaired) electrons. The average molecular weight is 461 g/mol. The Morgan fingerprint density at radius 2 is 1.46 bits per heavy atom. The molecule has 0 saturated carbocycles. The molecule has 0 atom stereocenters. The van der Waals surface area contributed by atoms with Crippen molar-refractivity contribution in [2.24, 2.45) is 0 Å². The quantitative estimate of drug-likeness (QED) is 0.380. The first-order valence-electron chi connectivity index (χ1n) is 12.8. The predicted molar refractivity (Wildman–Crippen MR) is 150 cm³/mol. The number of para-hydroxylation sites is 1. The van der Waals surface area contributed by atoms with E-state index in [2.05, 4.69) is 123 Å². The second-order valence-electron chi connectivity index (χ2n) is 10.2. The van der Waals surface area contributed by atoms with Crippen molar-refractivity contribution in [3.05, 3.63) is 130 Å². The highest BCUT2D eigenvalue weighted by molar-refractivity contribution is 5.85. The van der Waals surface area contributed by atoms with E-state index in [1.807, 2.05) is 0 Å². The van der Waals surface area contributed by atoms with Crippen LogP contribution in [0.15, 0.2) is 102 Å². The van der Waals surface area contributed by atoms with E-state index >= 15 is 0 Å². The molecule has 0 aromatic heterocycles. The van der Waals surface area contributed by atoms with Crippen LogP contribution in [0.2, 0.25) is 0 Å². The summed E-state index contributed by atoms with van der Waals surface area (Å²) in [5.41, 5.74) is 13.6. The molecule has 0 N–H and O–H groups in total. The van der Waals surface area contributed by atoms with Gasteiger partial charge in [0.2, 0.25) is 0 Å². The Hall–Kier alpha value is -3.36. The number of nitrogens with zero attached hydrogens (tertiary/aromatic N) is 2. The van der Waals surface area contributed by atoms with Crippen molar-refractivity contribution in [3.63, 3.8) is 0 Å². The molecule has 0 saturated heterocycles. The number of hydrogen-bond donors (Lipinski definition) is 0. The molecule has 178 valence electrons. The number of rotatable bonds is 6. The van der Waals surface area contributed by atoms with Crippen LogP contribution in [0, 0.1) is 13.8 Å². The molecule has 1 aliphatic heterocycles. The molecule has 0 spiro atoms. The van der Waals surface area contributed by atoms with Crippen LogP contribution < -0.4 is 4.90 Å². The van der Waals surface area contributed by atoms with Crippen molar-refractivity contribution in [2.45, 2.75) is 33.1 Å². The molecule has 35 heavy (non-hydrogen) atoms. The highest BCUT2D eigenvalue weighted by atomic mass is 15.2. The number of allylic oxidation sites excluding steroid dienone is 4. The second-order valence-corrected chi connectivity index (χ2v) is 10.2. The fourth-order valence-corrected chi connectivity index (χ4v) is 5.30. The van der Waals surface area contributed by atoms with Gasteiger partial charge in [-0.3, -0.25) is 0 Å². The number of aryl methyl sites for hydroxylation is 2. The van der Waals surface area contributed by atoms with Crippen molar-refractivity contribution in [1.82, 2.24) is 4.90 Å².